The Hall–Kier alpha value is -1.89. The first-order chi connectivity index (χ1) is 9.15. The minimum absolute atomic E-state index is 0.184. The van der Waals surface area contributed by atoms with E-state index in [1.165, 1.54) is 13.0 Å². The topological polar surface area (TPSA) is 93.4 Å². The van der Waals surface area contributed by atoms with Gasteiger partial charge >= 0.3 is 0 Å². The van der Waals surface area contributed by atoms with Crippen molar-refractivity contribution in [1.82, 2.24) is 9.97 Å². The first kappa shape index (κ1) is 15.2. The molecule has 1 aromatic rings. The maximum absolute atomic E-state index is 11.0. The molecule has 0 unspecified atom stereocenters. The molecule has 0 aromatic carbocycles. The quantitative estimate of drug-likeness (QED) is 0.826. The van der Waals surface area contributed by atoms with Crippen molar-refractivity contribution in [3.8, 4) is 0 Å². The number of carbonyl (C=O) groups is 1. The Morgan fingerprint density at radius 2 is 2.00 bits per heavy atom. The number of nitrogen functional groups attached to an aromatic ring is 1. The summed E-state index contributed by atoms with van der Waals surface area (Å²) in [6, 6.07) is 1.53. The van der Waals surface area contributed by atoms with Gasteiger partial charge in [-0.15, -0.1) is 0 Å². The Balaban J connectivity index is 0.000000861. The van der Waals surface area contributed by atoms with Gasteiger partial charge in [0.25, 0.3) is 0 Å². The van der Waals surface area contributed by atoms with E-state index in [0.717, 1.165) is 13.1 Å². The second-order valence-electron chi connectivity index (χ2n) is 3.76. The molecule has 0 aliphatic carbocycles. The average Bonchev–Trinajstić information content (AvgIpc) is 2.40. The predicted molar refractivity (Wildman–Crippen MR) is 75.1 cm³/mol. The van der Waals surface area contributed by atoms with E-state index < -0.39 is 0 Å². The summed E-state index contributed by atoms with van der Waals surface area (Å²) in [6.45, 7) is 8.17. The first-order valence-corrected chi connectivity index (χ1v) is 6.40. The van der Waals surface area contributed by atoms with Crippen molar-refractivity contribution >= 4 is 23.5 Å². The molecule has 0 bridgehead atoms. The molecule has 2 heterocycles. The van der Waals surface area contributed by atoms with Crippen LogP contribution in [0.5, 0.6) is 0 Å². The Labute approximate surface area is 113 Å². The molecule has 1 aliphatic heterocycles. The highest BCUT2D eigenvalue weighted by Gasteiger charge is 2.15. The van der Waals surface area contributed by atoms with E-state index >= 15 is 0 Å². The van der Waals surface area contributed by atoms with Crippen LogP contribution >= 0.6 is 0 Å². The minimum Gasteiger partial charge on any atom is -0.383 e. The van der Waals surface area contributed by atoms with Crippen molar-refractivity contribution in [3.63, 3.8) is 0 Å². The van der Waals surface area contributed by atoms with Crippen LogP contribution in [0.15, 0.2) is 6.07 Å². The fraction of sp³-hybridized carbons (Fsp3) is 0.583. The highest BCUT2D eigenvalue weighted by Crippen LogP contribution is 2.16. The third-order valence-electron chi connectivity index (χ3n) is 2.33. The SMILES string of the molecule is CC.CC(=O)Nc1cc(N)nc(N2CCOCC2)n1. The average molecular weight is 267 g/mol. The van der Waals surface area contributed by atoms with E-state index in [4.69, 9.17) is 10.5 Å². The molecule has 0 saturated carbocycles. The number of morpholine rings is 1. The molecule has 1 fully saturated rings. The van der Waals surface area contributed by atoms with E-state index in [-0.39, 0.29) is 5.91 Å². The zero-order valence-corrected chi connectivity index (χ0v) is 11.6. The number of rotatable bonds is 2. The van der Waals surface area contributed by atoms with Crippen LogP contribution in [0.25, 0.3) is 0 Å². The van der Waals surface area contributed by atoms with E-state index in [2.05, 4.69) is 15.3 Å². The van der Waals surface area contributed by atoms with Gasteiger partial charge in [-0.1, -0.05) is 13.8 Å². The molecule has 1 aliphatic rings. The Morgan fingerprint density at radius 1 is 1.37 bits per heavy atom. The first-order valence-electron chi connectivity index (χ1n) is 6.40. The van der Waals surface area contributed by atoms with Crippen molar-refractivity contribution in [2.75, 3.05) is 42.3 Å². The Kier molecular flexibility index (Phi) is 6.01. The second-order valence-corrected chi connectivity index (χ2v) is 3.76. The standard InChI is InChI=1S/C10H15N5O2.C2H6/c1-7(16)12-9-6-8(11)13-10(14-9)15-2-4-17-5-3-15;1-2/h6H,2-5H2,1H3,(H3,11,12,13,14,16);1-2H3. The van der Waals surface area contributed by atoms with Crippen LogP contribution in [0.4, 0.5) is 17.6 Å². The van der Waals surface area contributed by atoms with Crippen LogP contribution in [-0.2, 0) is 9.53 Å². The summed E-state index contributed by atoms with van der Waals surface area (Å²) in [5, 5.41) is 2.60. The lowest BCUT2D eigenvalue weighted by molar-refractivity contribution is -0.114. The largest absolute Gasteiger partial charge is 0.383 e. The van der Waals surface area contributed by atoms with Gasteiger partial charge < -0.3 is 20.7 Å². The zero-order valence-electron chi connectivity index (χ0n) is 11.6. The number of hydrogen-bond donors (Lipinski definition) is 2. The summed E-state index contributed by atoms with van der Waals surface area (Å²) in [7, 11) is 0. The number of amides is 1. The lowest BCUT2D eigenvalue weighted by atomic mass is 10.4. The molecule has 0 radical (unpaired) electrons. The number of anilines is 3. The molecule has 106 valence electrons. The number of ether oxygens (including phenoxy) is 1. The second kappa shape index (κ2) is 7.52. The van der Waals surface area contributed by atoms with Gasteiger partial charge in [-0.25, -0.2) is 0 Å². The summed E-state index contributed by atoms with van der Waals surface area (Å²) in [6.07, 6.45) is 0. The van der Waals surface area contributed by atoms with E-state index in [1.807, 2.05) is 18.7 Å². The highest BCUT2D eigenvalue weighted by atomic mass is 16.5. The molecule has 2 rings (SSSR count). The van der Waals surface area contributed by atoms with Crippen molar-refractivity contribution in [2.45, 2.75) is 20.8 Å². The van der Waals surface area contributed by atoms with Gasteiger partial charge in [0.1, 0.15) is 11.6 Å². The van der Waals surface area contributed by atoms with Gasteiger partial charge in [0.2, 0.25) is 11.9 Å². The zero-order chi connectivity index (χ0) is 14.3. The molecule has 1 saturated heterocycles. The van der Waals surface area contributed by atoms with Crippen LogP contribution in [-0.4, -0.2) is 42.2 Å². The number of nitrogens with one attached hydrogen (secondary N) is 1. The third-order valence-corrected chi connectivity index (χ3v) is 2.33. The third kappa shape index (κ3) is 4.70. The number of nitrogens with two attached hydrogens (primary N) is 1. The van der Waals surface area contributed by atoms with Crippen molar-refractivity contribution < 1.29 is 9.53 Å². The molecule has 7 nitrogen and oxygen atoms in total. The number of aromatic nitrogens is 2. The monoisotopic (exact) mass is 267 g/mol. The molecule has 0 atom stereocenters. The minimum atomic E-state index is -0.184. The lowest BCUT2D eigenvalue weighted by Crippen LogP contribution is -2.37. The van der Waals surface area contributed by atoms with Gasteiger partial charge in [-0.05, 0) is 0 Å². The Morgan fingerprint density at radius 3 is 2.58 bits per heavy atom. The summed E-state index contributed by atoms with van der Waals surface area (Å²) >= 11 is 0. The van der Waals surface area contributed by atoms with Gasteiger partial charge in [-0.3, -0.25) is 4.79 Å². The van der Waals surface area contributed by atoms with Crippen LogP contribution in [0.2, 0.25) is 0 Å². The molecule has 19 heavy (non-hydrogen) atoms. The summed E-state index contributed by atoms with van der Waals surface area (Å²) in [5.41, 5.74) is 5.68. The summed E-state index contributed by atoms with van der Waals surface area (Å²) in [5.74, 6) is 1.10. The number of nitrogens with zero attached hydrogens (tertiary/aromatic N) is 3. The molecule has 1 amide bonds. The van der Waals surface area contributed by atoms with E-state index in [0.29, 0.717) is 30.8 Å². The normalized spacial score (nSPS) is 14.4. The fourth-order valence-corrected chi connectivity index (χ4v) is 1.60. The van der Waals surface area contributed by atoms with Gasteiger partial charge in [0.05, 0.1) is 13.2 Å². The molecule has 7 heteroatoms. The van der Waals surface area contributed by atoms with Crippen LogP contribution in [0.1, 0.15) is 20.8 Å². The number of hydrogen-bond acceptors (Lipinski definition) is 6. The fourth-order valence-electron chi connectivity index (χ4n) is 1.60. The smallest absolute Gasteiger partial charge is 0.229 e. The lowest BCUT2D eigenvalue weighted by Gasteiger charge is -2.27. The molecule has 1 aromatic heterocycles. The maximum Gasteiger partial charge on any atom is 0.229 e. The molecule has 3 N–H and O–H groups in total. The van der Waals surface area contributed by atoms with E-state index in [1.54, 1.807) is 0 Å². The van der Waals surface area contributed by atoms with Crippen molar-refractivity contribution in [1.29, 1.82) is 0 Å². The molecular weight excluding hydrogens is 246 g/mol. The maximum atomic E-state index is 11.0. The van der Waals surface area contributed by atoms with Crippen LogP contribution in [0.3, 0.4) is 0 Å². The number of carbonyl (C=O) groups excluding carboxylic acids is 1. The molecule has 0 spiro atoms. The van der Waals surface area contributed by atoms with Gasteiger partial charge in [0, 0.05) is 26.1 Å². The van der Waals surface area contributed by atoms with Crippen LogP contribution in [0, 0.1) is 0 Å². The van der Waals surface area contributed by atoms with Crippen LogP contribution < -0.4 is 16.0 Å². The predicted octanol–water partition coefficient (Wildman–Crippen LogP) is 0.880. The summed E-state index contributed by atoms with van der Waals surface area (Å²) in [4.78, 5) is 21.3. The van der Waals surface area contributed by atoms with E-state index in [9.17, 15) is 4.79 Å². The van der Waals surface area contributed by atoms with Crippen molar-refractivity contribution in [2.24, 2.45) is 0 Å². The van der Waals surface area contributed by atoms with Crippen molar-refractivity contribution in [3.05, 3.63) is 6.07 Å². The van der Waals surface area contributed by atoms with Gasteiger partial charge in [0.15, 0.2) is 0 Å². The Bertz CT molecular complexity index is 419. The van der Waals surface area contributed by atoms with Gasteiger partial charge in [-0.2, -0.15) is 9.97 Å². The highest BCUT2D eigenvalue weighted by molar-refractivity contribution is 5.88. The summed E-state index contributed by atoms with van der Waals surface area (Å²) < 4.78 is 5.25. The molecular formula is C12H21N5O2.